The van der Waals surface area contributed by atoms with Gasteiger partial charge in [0.15, 0.2) is 0 Å². The van der Waals surface area contributed by atoms with Crippen molar-refractivity contribution in [2.75, 3.05) is 0 Å². The molecule has 7 rings (SSSR count). The molecular formula is C47H54. The molecular weight excluding hydrogens is 565 g/mol. The van der Waals surface area contributed by atoms with Gasteiger partial charge in [0.1, 0.15) is 0 Å². The largest absolute Gasteiger partial charge is 0.115 e. The molecule has 0 aromatic heterocycles. The molecule has 2 atom stereocenters. The number of terminal acetylenes is 1. The van der Waals surface area contributed by atoms with Crippen molar-refractivity contribution in [1.29, 1.82) is 0 Å². The van der Waals surface area contributed by atoms with Crippen LogP contribution in [0.4, 0.5) is 0 Å². The van der Waals surface area contributed by atoms with Crippen molar-refractivity contribution in [1.82, 2.24) is 0 Å². The third kappa shape index (κ3) is 7.31. The van der Waals surface area contributed by atoms with Crippen LogP contribution in [0.2, 0.25) is 0 Å². The fourth-order valence-corrected chi connectivity index (χ4v) is 9.66. The molecule has 2 unspecified atom stereocenters. The summed E-state index contributed by atoms with van der Waals surface area (Å²) in [5, 5.41) is 0. The fourth-order valence-electron chi connectivity index (χ4n) is 9.66. The van der Waals surface area contributed by atoms with Gasteiger partial charge in [-0.25, -0.2) is 0 Å². The van der Waals surface area contributed by atoms with Crippen molar-refractivity contribution in [2.24, 2.45) is 23.2 Å². The number of rotatable bonds is 10. The van der Waals surface area contributed by atoms with Crippen LogP contribution < -0.4 is 0 Å². The maximum absolute atomic E-state index is 6.04. The zero-order valence-electron chi connectivity index (χ0n) is 28.7. The van der Waals surface area contributed by atoms with Crippen molar-refractivity contribution in [3.8, 4) is 12.3 Å². The Hall–Kier alpha value is -3.56. The van der Waals surface area contributed by atoms with E-state index >= 15 is 0 Å². The minimum atomic E-state index is 0.424. The SMILES string of the molecule is C#Cc1ccc(CC2CCC(C(C(=C)CCc3ccccc3)c3ccc(C4=CC(C)C=C4)cc3)CC2)cc1C1CCC2(CCC2)CC1. The molecule has 0 amide bonds. The highest BCUT2D eigenvalue weighted by Gasteiger charge is 2.40. The Morgan fingerprint density at radius 3 is 2.26 bits per heavy atom. The van der Waals surface area contributed by atoms with E-state index in [0.29, 0.717) is 29.1 Å². The highest BCUT2D eigenvalue weighted by molar-refractivity contribution is 5.76. The van der Waals surface area contributed by atoms with Crippen molar-refractivity contribution in [2.45, 2.75) is 109 Å². The Bertz CT molecular complexity index is 1620. The van der Waals surface area contributed by atoms with E-state index in [-0.39, 0.29) is 0 Å². The lowest BCUT2D eigenvalue weighted by atomic mass is 9.58. The first-order valence-corrected chi connectivity index (χ1v) is 18.8. The van der Waals surface area contributed by atoms with Crippen molar-refractivity contribution in [3.63, 3.8) is 0 Å². The van der Waals surface area contributed by atoms with E-state index in [1.807, 2.05) is 0 Å². The van der Waals surface area contributed by atoms with Crippen LogP contribution >= 0.6 is 0 Å². The second kappa shape index (κ2) is 14.3. The molecule has 0 bridgehead atoms. The first-order chi connectivity index (χ1) is 23.0. The molecule has 47 heavy (non-hydrogen) atoms. The average molecular weight is 619 g/mol. The van der Waals surface area contributed by atoms with E-state index in [1.165, 1.54) is 116 Å². The minimum Gasteiger partial charge on any atom is -0.115 e. The zero-order valence-corrected chi connectivity index (χ0v) is 28.7. The molecule has 3 aromatic rings. The third-order valence-electron chi connectivity index (χ3n) is 12.7. The van der Waals surface area contributed by atoms with Gasteiger partial charge >= 0.3 is 0 Å². The molecule has 0 radical (unpaired) electrons. The molecule has 0 heteroatoms. The van der Waals surface area contributed by atoms with Gasteiger partial charge < -0.3 is 0 Å². The molecule has 0 heterocycles. The van der Waals surface area contributed by atoms with E-state index < -0.39 is 0 Å². The van der Waals surface area contributed by atoms with E-state index in [1.54, 1.807) is 0 Å². The van der Waals surface area contributed by atoms with Gasteiger partial charge in [0.05, 0.1) is 0 Å². The molecule has 3 saturated carbocycles. The van der Waals surface area contributed by atoms with Crippen LogP contribution in [0.25, 0.3) is 5.57 Å². The summed E-state index contributed by atoms with van der Waals surface area (Å²) < 4.78 is 0. The molecule has 4 aliphatic rings. The number of hydrogen-bond acceptors (Lipinski definition) is 0. The van der Waals surface area contributed by atoms with Crippen LogP contribution in [0, 0.1) is 35.5 Å². The van der Waals surface area contributed by atoms with Gasteiger partial charge in [0.2, 0.25) is 0 Å². The summed E-state index contributed by atoms with van der Waals surface area (Å²) in [6.07, 6.45) is 31.3. The van der Waals surface area contributed by atoms with E-state index in [2.05, 4.69) is 104 Å². The lowest BCUT2D eigenvalue weighted by Gasteiger charge is -2.47. The first-order valence-electron chi connectivity index (χ1n) is 18.8. The second-order valence-electron chi connectivity index (χ2n) is 15.8. The number of allylic oxidation sites excluding steroid dienone is 5. The summed E-state index contributed by atoms with van der Waals surface area (Å²) in [7, 11) is 0. The fraction of sp³-hybridized carbons (Fsp3) is 0.447. The molecule has 0 nitrogen and oxygen atoms in total. The Balaban J connectivity index is 1.02. The Kier molecular flexibility index (Phi) is 9.73. The Morgan fingerprint density at radius 1 is 0.872 bits per heavy atom. The highest BCUT2D eigenvalue weighted by Crippen LogP contribution is 2.54. The van der Waals surface area contributed by atoms with E-state index in [0.717, 1.165) is 24.3 Å². The smallest absolute Gasteiger partial charge is 0.0277 e. The molecule has 3 aromatic carbocycles. The van der Waals surface area contributed by atoms with Gasteiger partial charge in [-0.2, -0.15) is 0 Å². The van der Waals surface area contributed by atoms with E-state index in [9.17, 15) is 0 Å². The highest BCUT2D eigenvalue weighted by atomic mass is 14.5. The quantitative estimate of drug-likeness (QED) is 0.157. The molecule has 0 saturated heterocycles. The van der Waals surface area contributed by atoms with Crippen molar-refractivity contribution >= 4 is 5.57 Å². The van der Waals surface area contributed by atoms with Crippen LogP contribution in [-0.4, -0.2) is 0 Å². The molecule has 3 fully saturated rings. The summed E-state index contributed by atoms with van der Waals surface area (Å²) in [6.45, 7) is 7.02. The van der Waals surface area contributed by atoms with Crippen molar-refractivity contribution in [3.05, 3.63) is 137 Å². The Morgan fingerprint density at radius 2 is 1.62 bits per heavy atom. The maximum atomic E-state index is 6.04. The van der Waals surface area contributed by atoms with Crippen LogP contribution in [-0.2, 0) is 12.8 Å². The first kappa shape index (κ1) is 32.0. The molecule has 242 valence electrons. The predicted octanol–water partition coefficient (Wildman–Crippen LogP) is 12.4. The standard InChI is InChI=1S/C47H54/c1-4-39-18-16-38(33-45(39)41-25-29-47(30-26-41)27-8-28-47)32-37-14-19-42(20-15-37)46(35(3)12-13-36-9-6-5-7-10-36)43-23-21-40(22-24-43)44-17-11-34(2)31-44/h1,5-7,9-11,16-18,21-24,31,33-34,37,41-42,46H,3,8,12-15,19-20,25-30,32H2,2H3. The van der Waals surface area contributed by atoms with Gasteiger partial charge in [-0.15, -0.1) is 6.42 Å². The topological polar surface area (TPSA) is 0 Å². The lowest BCUT2D eigenvalue weighted by molar-refractivity contribution is 0.0693. The summed E-state index contributed by atoms with van der Waals surface area (Å²) in [6, 6.07) is 27.6. The van der Waals surface area contributed by atoms with E-state index in [4.69, 9.17) is 13.0 Å². The Labute approximate surface area is 285 Å². The van der Waals surface area contributed by atoms with Crippen LogP contribution in [0.3, 0.4) is 0 Å². The minimum absolute atomic E-state index is 0.424. The second-order valence-corrected chi connectivity index (χ2v) is 15.8. The molecule has 0 aliphatic heterocycles. The lowest BCUT2D eigenvalue weighted by Crippen LogP contribution is -2.33. The van der Waals surface area contributed by atoms with Crippen LogP contribution in [0.15, 0.2) is 103 Å². The average Bonchev–Trinajstić information content (AvgIpc) is 3.54. The van der Waals surface area contributed by atoms with Gasteiger partial charge in [-0.1, -0.05) is 116 Å². The zero-order chi connectivity index (χ0) is 32.2. The monoisotopic (exact) mass is 618 g/mol. The normalized spacial score (nSPS) is 24.3. The molecule has 4 aliphatic carbocycles. The summed E-state index contributed by atoms with van der Waals surface area (Å²) in [5.74, 6) is 6.06. The number of hydrogen-bond donors (Lipinski definition) is 0. The summed E-state index contributed by atoms with van der Waals surface area (Å²) >= 11 is 0. The number of aryl methyl sites for hydroxylation is 1. The summed E-state index contributed by atoms with van der Waals surface area (Å²) in [5.41, 5.74) is 11.8. The molecule has 0 N–H and O–H groups in total. The van der Waals surface area contributed by atoms with Gasteiger partial charge in [0.25, 0.3) is 0 Å². The maximum Gasteiger partial charge on any atom is 0.0277 e. The van der Waals surface area contributed by atoms with Gasteiger partial charge in [-0.05, 0) is 152 Å². The van der Waals surface area contributed by atoms with Gasteiger partial charge in [-0.3, -0.25) is 0 Å². The van der Waals surface area contributed by atoms with Crippen molar-refractivity contribution < 1.29 is 0 Å². The molecule has 1 spiro atoms. The predicted molar refractivity (Wildman–Crippen MR) is 200 cm³/mol. The summed E-state index contributed by atoms with van der Waals surface area (Å²) in [4.78, 5) is 0. The van der Waals surface area contributed by atoms with Crippen LogP contribution in [0.1, 0.15) is 129 Å². The van der Waals surface area contributed by atoms with Gasteiger partial charge in [0, 0.05) is 11.5 Å². The van der Waals surface area contributed by atoms with Crippen LogP contribution in [0.5, 0.6) is 0 Å². The number of benzene rings is 3. The third-order valence-corrected chi connectivity index (χ3v) is 12.7.